The summed E-state index contributed by atoms with van der Waals surface area (Å²) in [6.07, 6.45) is 27.1. The highest BCUT2D eigenvalue weighted by Crippen LogP contribution is 2.42. The zero-order valence-electron chi connectivity index (χ0n) is 21.7. The van der Waals surface area contributed by atoms with E-state index in [9.17, 15) is 9.90 Å². The Morgan fingerprint density at radius 3 is 1.91 bits per heavy atom. The van der Waals surface area contributed by atoms with Gasteiger partial charge in [-0.15, -0.1) is 0 Å². The van der Waals surface area contributed by atoms with E-state index in [2.05, 4.69) is 44.2 Å². The maximum atomic E-state index is 12.7. The van der Waals surface area contributed by atoms with Gasteiger partial charge in [0.25, 0.3) is 0 Å². The largest absolute Gasteiger partial charge is 0.481 e. The van der Waals surface area contributed by atoms with Gasteiger partial charge in [0.05, 0.1) is 5.41 Å². The van der Waals surface area contributed by atoms with Crippen LogP contribution in [0.2, 0.25) is 0 Å². The van der Waals surface area contributed by atoms with Crippen molar-refractivity contribution in [3.63, 3.8) is 0 Å². The van der Waals surface area contributed by atoms with Crippen LogP contribution >= 0.6 is 0 Å². The monoisotopic (exact) mass is 454 g/mol. The molecule has 1 aromatic carbocycles. The maximum absolute atomic E-state index is 12.7. The smallest absolute Gasteiger partial charge is 0.314 e. The number of carbonyl (C=O) groups is 1. The molecule has 0 heterocycles. The third-order valence-corrected chi connectivity index (χ3v) is 7.59. The van der Waals surface area contributed by atoms with Crippen LogP contribution in [0.15, 0.2) is 24.3 Å². The van der Waals surface area contributed by atoms with Gasteiger partial charge in [0.15, 0.2) is 0 Å². The van der Waals surface area contributed by atoms with E-state index < -0.39 is 11.4 Å². The Labute approximate surface area is 204 Å². The molecule has 0 radical (unpaired) electrons. The number of carboxylic acids is 1. The van der Waals surface area contributed by atoms with Gasteiger partial charge in [0.1, 0.15) is 0 Å². The summed E-state index contributed by atoms with van der Waals surface area (Å²) in [5, 5.41) is 10.4. The molecule has 1 atom stereocenters. The molecule has 0 bridgehead atoms. The molecule has 0 saturated heterocycles. The first kappa shape index (κ1) is 27.7. The van der Waals surface area contributed by atoms with E-state index in [1.54, 1.807) is 0 Å². The van der Waals surface area contributed by atoms with Crippen molar-refractivity contribution in [3.05, 3.63) is 41.0 Å². The van der Waals surface area contributed by atoms with Crippen molar-refractivity contribution in [1.29, 1.82) is 0 Å². The average Bonchev–Trinajstić information content (AvgIpc) is 2.82. The fourth-order valence-corrected chi connectivity index (χ4v) is 5.58. The number of hydrogen-bond donors (Lipinski definition) is 1. The van der Waals surface area contributed by atoms with Gasteiger partial charge in [-0.05, 0) is 42.4 Å². The highest BCUT2D eigenvalue weighted by Gasteiger charge is 2.42. The first-order valence-electron chi connectivity index (χ1n) is 14.2. The Balaban J connectivity index is 1.94. The van der Waals surface area contributed by atoms with Gasteiger partial charge in [0.2, 0.25) is 0 Å². The first-order valence-corrected chi connectivity index (χ1v) is 14.2. The molecule has 33 heavy (non-hydrogen) atoms. The number of aryl methyl sites for hydroxylation is 1. The van der Waals surface area contributed by atoms with E-state index in [1.807, 2.05) is 0 Å². The Bertz CT molecular complexity index is 705. The molecule has 1 aliphatic carbocycles. The van der Waals surface area contributed by atoms with Gasteiger partial charge in [-0.25, -0.2) is 0 Å². The third-order valence-electron chi connectivity index (χ3n) is 7.59. The van der Waals surface area contributed by atoms with Crippen molar-refractivity contribution in [2.45, 2.75) is 141 Å². The summed E-state index contributed by atoms with van der Waals surface area (Å²) >= 11 is 0. The number of unbranched alkanes of at least 4 members (excludes halogenated alkanes) is 14. The lowest BCUT2D eigenvalue weighted by molar-refractivity contribution is -0.144. The van der Waals surface area contributed by atoms with Crippen LogP contribution in [-0.4, -0.2) is 11.1 Å². The van der Waals surface area contributed by atoms with Crippen LogP contribution in [0.5, 0.6) is 0 Å². The van der Waals surface area contributed by atoms with Gasteiger partial charge in [-0.3, -0.25) is 4.79 Å². The molecule has 1 aromatic rings. The van der Waals surface area contributed by atoms with Gasteiger partial charge in [-0.2, -0.15) is 0 Å². The molecular formula is C31H50O2. The fraction of sp³-hybridized carbons (Fsp3) is 0.710. The van der Waals surface area contributed by atoms with Gasteiger partial charge >= 0.3 is 5.97 Å². The van der Waals surface area contributed by atoms with Crippen molar-refractivity contribution in [2.24, 2.45) is 0 Å². The Morgan fingerprint density at radius 2 is 1.33 bits per heavy atom. The molecule has 2 rings (SSSR count). The topological polar surface area (TPSA) is 37.3 Å². The van der Waals surface area contributed by atoms with Crippen molar-refractivity contribution in [2.75, 3.05) is 0 Å². The molecule has 0 spiro atoms. The predicted molar refractivity (Wildman–Crippen MR) is 143 cm³/mol. The second-order valence-electron chi connectivity index (χ2n) is 10.3. The normalized spacial score (nSPS) is 17.3. The number of carboxylic acid groups (broad SMARTS) is 1. The average molecular weight is 455 g/mol. The maximum Gasteiger partial charge on any atom is 0.314 e. The van der Waals surface area contributed by atoms with Crippen LogP contribution in [0.4, 0.5) is 0 Å². The van der Waals surface area contributed by atoms with E-state index in [0.29, 0.717) is 6.42 Å². The minimum Gasteiger partial charge on any atom is -0.481 e. The van der Waals surface area contributed by atoms with Gasteiger partial charge in [0, 0.05) is 0 Å². The molecule has 0 aliphatic heterocycles. The SMILES string of the molecule is CCCCCCCCCCc1cccc2c1C(CCCCCCCCCC)(C(=O)O)CC=C2. The van der Waals surface area contributed by atoms with Crippen molar-refractivity contribution in [1.82, 2.24) is 0 Å². The lowest BCUT2D eigenvalue weighted by Gasteiger charge is -2.35. The Morgan fingerprint density at radius 1 is 0.788 bits per heavy atom. The summed E-state index contributed by atoms with van der Waals surface area (Å²) < 4.78 is 0. The van der Waals surface area contributed by atoms with Crippen LogP contribution in [0.25, 0.3) is 6.08 Å². The molecule has 1 aliphatic rings. The highest BCUT2D eigenvalue weighted by molar-refractivity contribution is 5.86. The Kier molecular flexibility index (Phi) is 13.5. The number of allylic oxidation sites excluding steroid dienone is 1. The van der Waals surface area contributed by atoms with Crippen LogP contribution < -0.4 is 0 Å². The Hall–Kier alpha value is -1.57. The van der Waals surface area contributed by atoms with Gasteiger partial charge < -0.3 is 5.11 Å². The van der Waals surface area contributed by atoms with E-state index in [1.165, 1.54) is 95.5 Å². The number of fused-ring (bicyclic) bond motifs is 1. The van der Waals surface area contributed by atoms with Crippen LogP contribution in [0.1, 0.15) is 146 Å². The second-order valence-corrected chi connectivity index (χ2v) is 10.3. The molecule has 0 fully saturated rings. The molecular weight excluding hydrogens is 404 g/mol. The molecule has 1 N–H and O–H groups in total. The number of hydrogen-bond acceptors (Lipinski definition) is 1. The first-order chi connectivity index (χ1) is 16.2. The van der Waals surface area contributed by atoms with Crippen molar-refractivity contribution in [3.8, 4) is 0 Å². The fourth-order valence-electron chi connectivity index (χ4n) is 5.58. The molecule has 1 unspecified atom stereocenters. The van der Waals surface area contributed by atoms with E-state index in [4.69, 9.17) is 0 Å². The third kappa shape index (κ3) is 8.95. The molecule has 186 valence electrons. The zero-order chi connectivity index (χ0) is 23.8. The van der Waals surface area contributed by atoms with E-state index >= 15 is 0 Å². The quantitative estimate of drug-likeness (QED) is 0.211. The summed E-state index contributed by atoms with van der Waals surface area (Å²) in [6.45, 7) is 4.52. The highest BCUT2D eigenvalue weighted by atomic mass is 16.4. The van der Waals surface area contributed by atoms with Crippen LogP contribution in [0, 0.1) is 0 Å². The summed E-state index contributed by atoms with van der Waals surface area (Å²) in [6, 6.07) is 6.44. The molecule has 2 heteroatoms. The second kappa shape index (κ2) is 16.1. The minimum absolute atomic E-state index is 0.626. The van der Waals surface area contributed by atoms with Gasteiger partial charge in [-0.1, -0.05) is 141 Å². The van der Waals surface area contributed by atoms with E-state index in [-0.39, 0.29) is 0 Å². The lowest BCUT2D eigenvalue weighted by Crippen LogP contribution is -2.38. The standard InChI is InChI=1S/C31H50O2/c1-3-5-7-9-11-13-15-17-21-27-22-19-23-28-24-20-26-31(29(27)28,30(32)33)25-18-16-14-12-10-8-6-4-2/h19-20,22-24H,3-18,21,25-26H2,1-2H3,(H,32,33). The number of rotatable bonds is 19. The predicted octanol–water partition coefficient (Wildman–Crippen LogP) is 9.64. The summed E-state index contributed by atoms with van der Waals surface area (Å²) in [4.78, 5) is 12.7. The summed E-state index contributed by atoms with van der Waals surface area (Å²) in [7, 11) is 0. The molecule has 0 aromatic heterocycles. The van der Waals surface area contributed by atoms with Crippen molar-refractivity contribution < 1.29 is 9.90 Å². The zero-order valence-corrected chi connectivity index (χ0v) is 21.7. The summed E-state index contributed by atoms with van der Waals surface area (Å²) in [5.41, 5.74) is 2.82. The van der Waals surface area contributed by atoms with Crippen molar-refractivity contribution >= 4 is 12.0 Å². The molecule has 0 saturated carbocycles. The number of benzene rings is 1. The molecule has 0 amide bonds. The van der Waals surface area contributed by atoms with Crippen LogP contribution in [0.3, 0.4) is 0 Å². The minimum atomic E-state index is -0.733. The summed E-state index contributed by atoms with van der Waals surface area (Å²) in [5.74, 6) is -0.626. The number of aliphatic carboxylic acids is 1. The molecule has 2 nitrogen and oxygen atoms in total. The van der Waals surface area contributed by atoms with Crippen LogP contribution in [-0.2, 0) is 16.6 Å². The lowest BCUT2D eigenvalue weighted by atomic mass is 9.67. The van der Waals surface area contributed by atoms with E-state index in [0.717, 1.165) is 36.8 Å².